The van der Waals surface area contributed by atoms with Crippen molar-refractivity contribution in [2.45, 2.75) is 24.9 Å². The van der Waals surface area contributed by atoms with Crippen molar-refractivity contribution in [3.8, 4) is 0 Å². The largest absolute Gasteiger partial charge is 0.329 e. The Bertz CT molecular complexity index is 340. The molecule has 0 aromatic carbocycles. The van der Waals surface area contributed by atoms with Gasteiger partial charge in [0.1, 0.15) is 0 Å². The van der Waals surface area contributed by atoms with Crippen molar-refractivity contribution in [1.29, 1.82) is 0 Å². The third-order valence-corrected chi connectivity index (χ3v) is 4.36. The minimum atomic E-state index is 0.297. The lowest BCUT2D eigenvalue weighted by molar-refractivity contribution is 0.458. The molecule has 0 saturated heterocycles. The van der Waals surface area contributed by atoms with Crippen LogP contribution in [0, 0.1) is 0 Å². The van der Waals surface area contributed by atoms with Crippen LogP contribution in [0.1, 0.15) is 23.8 Å². The normalized spacial score (nSPS) is 18.5. The van der Waals surface area contributed by atoms with Crippen LogP contribution in [0.4, 0.5) is 0 Å². The predicted octanol–water partition coefficient (Wildman–Crippen LogP) is 2.82. The van der Waals surface area contributed by atoms with Gasteiger partial charge in [0.25, 0.3) is 0 Å². The second-order valence-electron chi connectivity index (χ2n) is 3.74. The molecule has 1 unspecified atom stereocenters. The number of nitrogens with one attached hydrogen (secondary N) is 1. The molecule has 4 heteroatoms. The average molecular weight is 287 g/mol. The Balaban J connectivity index is 1.97. The van der Waals surface area contributed by atoms with Crippen LogP contribution in [0.3, 0.4) is 0 Å². The Morgan fingerprint density at radius 3 is 2.73 bits per heavy atom. The molecular formula is C11H15BrN2S. The van der Waals surface area contributed by atoms with Gasteiger partial charge in [-0.2, -0.15) is 0 Å². The fraction of sp³-hybridized carbons (Fsp3) is 0.455. The third-order valence-electron chi connectivity index (χ3n) is 2.62. The molecule has 0 bridgehead atoms. The Hall–Kier alpha value is -0.160. The maximum atomic E-state index is 5.80. The summed E-state index contributed by atoms with van der Waals surface area (Å²) in [6, 6.07) is 5.09. The fourth-order valence-electron chi connectivity index (χ4n) is 1.82. The number of halogens is 1. The Morgan fingerprint density at radius 1 is 1.47 bits per heavy atom. The van der Waals surface area contributed by atoms with Crippen LogP contribution in [-0.4, -0.2) is 12.6 Å². The first-order valence-corrected chi connectivity index (χ1v) is 6.77. The van der Waals surface area contributed by atoms with Crippen LogP contribution in [-0.2, 0) is 0 Å². The Labute approximate surface area is 103 Å². The molecule has 1 heterocycles. The van der Waals surface area contributed by atoms with Crippen molar-refractivity contribution in [2.75, 3.05) is 6.54 Å². The summed E-state index contributed by atoms with van der Waals surface area (Å²) in [5, 5.41) is 3.60. The van der Waals surface area contributed by atoms with E-state index in [1.807, 2.05) is 0 Å². The van der Waals surface area contributed by atoms with Gasteiger partial charge in [0.2, 0.25) is 0 Å². The molecule has 82 valence electrons. The molecule has 0 amide bonds. The molecule has 2 rings (SSSR count). The molecule has 0 spiro atoms. The van der Waals surface area contributed by atoms with E-state index in [0.717, 1.165) is 12.8 Å². The molecule has 2 nitrogen and oxygen atoms in total. The summed E-state index contributed by atoms with van der Waals surface area (Å²) < 4.78 is 1.17. The summed E-state index contributed by atoms with van der Waals surface area (Å²) in [6.07, 6.45) is 6.72. The Kier molecular flexibility index (Phi) is 3.97. The highest BCUT2D eigenvalue weighted by atomic mass is 79.9. The van der Waals surface area contributed by atoms with E-state index in [1.54, 1.807) is 11.3 Å². The van der Waals surface area contributed by atoms with Gasteiger partial charge in [-0.25, -0.2) is 0 Å². The second-order valence-corrected chi connectivity index (χ2v) is 6.23. The summed E-state index contributed by atoms with van der Waals surface area (Å²) in [4.78, 5) is 1.32. The summed E-state index contributed by atoms with van der Waals surface area (Å²) in [5.41, 5.74) is 5.80. The number of hydrogen-bond donors (Lipinski definition) is 2. The first-order chi connectivity index (χ1) is 7.29. The van der Waals surface area contributed by atoms with E-state index in [2.05, 4.69) is 45.5 Å². The van der Waals surface area contributed by atoms with Gasteiger partial charge in [0.05, 0.1) is 9.83 Å². The molecule has 1 aromatic rings. The zero-order valence-corrected chi connectivity index (χ0v) is 10.9. The van der Waals surface area contributed by atoms with E-state index in [1.165, 1.54) is 8.66 Å². The molecule has 1 aliphatic rings. The summed E-state index contributed by atoms with van der Waals surface area (Å²) in [7, 11) is 0. The summed E-state index contributed by atoms with van der Waals surface area (Å²) >= 11 is 5.24. The molecule has 0 saturated carbocycles. The lowest BCUT2D eigenvalue weighted by Gasteiger charge is -2.20. The van der Waals surface area contributed by atoms with E-state index < -0.39 is 0 Å². The maximum absolute atomic E-state index is 5.80. The van der Waals surface area contributed by atoms with Crippen LogP contribution in [0.5, 0.6) is 0 Å². The van der Waals surface area contributed by atoms with Crippen molar-refractivity contribution in [3.63, 3.8) is 0 Å². The fourth-order valence-corrected chi connectivity index (χ4v) is 3.32. The molecule has 1 atom stereocenters. The highest BCUT2D eigenvalue weighted by Gasteiger charge is 2.17. The number of nitrogens with two attached hydrogens (primary N) is 1. The third kappa shape index (κ3) is 2.91. The number of hydrogen-bond acceptors (Lipinski definition) is 3. The predicted molar refractivity (Wildman–Crippen MR) is 69.1 cm³/mol. The minimum Gasteiger partial charge on any atom is -0.329 e. The topological polar surface area (TPSA) is 38.0 Å². The van der Waals surface area contributed by atoms with E-state index >= 15 is 0 Å². The quantitative estimate of drug-likeness (QED) is 0.836. The molecule has 0 aliphatic heterocycles. The molecule has 1 aliphatic carbocycles. The van der Waals surface area contributed by atoms with Gasteiger partial charge >= 0.3 is 0 Å². The lowest BCUT2D eigenvalue weighted by atomic mass is 10.1. The summed E-state index contributed by atoms with van der Waals surface area (Å²) in [6.45, 7) is 0.656. The van der Waals surface area contributed by atoms with Gasteiger partial charge in [0, 0.05) is 17.5 Å². The van der Waals surface area contributed by atoms with Gasteiger partial charge < -0.3 is 11.1 Å². The molecule has 0 fully saturated rings. The van der Waals surface area contributed by atoms with Crippen LogP contribution in [0.25, 0.3) is 0 Å². The molecular weight excluding hydrogens is 272 g/mol. The molecule has 15 heavy (non-hydrogen) atoms. The average Bonchev–Trinajstić information content (AvgIpc) is 2.85. The summed E-state index contributed by atoms with van der Waals surface area (Å²) in [5.74, 6) is 0. The minimum absolute atomic E-state index is 0.297. The van der Waals surface area contributed by atoms with Gasteiger partial charge in [-0.15, -0.1) is 11.3 Å². The van der Waals surface area contributed by atoms with Crippen LogP contribution < -0.4 is 11.1 Å². The van der Waals surface area contributed by atoms with E-state index in [-0.39, 0.29) is 0 Å². The Morgan fingerprint density at radius 2 is 2.20 bits per heavy atom. The zero-order valence-electron chi connectivity index (χ0n) is 8.45. The van der Waals surface area contributed by atoms with Gasteiger partial charge in [-0.3, -0.25) is 0 Å². The first-order valence-electron chi connectivity index (χ1n) is 5.16. The molecule has 1 aromatic heterocycles. The first kappa shape index (κ1) is 11.3. The zero-order chi connectivity index (χ0) is 10.7. The van der Waals surface area contributed by atoms with Crippen molar-refractivity contribution in [1.82, 2.24) is 5.32 Å². The standard InChI is InChI=1S/C11H15BrN2S/c12-11-6-5-10(15-11)9(7-13)14-8-3-1-2-4-8/h1-2,5-6,8-9,14H,3-4,7,13H2. The second kappa shape index (κ2) is 5.25. The van der Waals surface area contributed by atoms with Gasteiger partial charge in [-0.1, -0.05) is 12.2 Å². The van der Waals surface area contributed by atoms with Gasteiger partial charge in [-0.05, 0) is 40.9 Å². The van der Waals surface area contributed by atoms with Gasteiger partial charge in [0.15, 0.2) is 0 Å². The lowest BCUT2D eigenvalue weighted by Crippen LogP contribution is -2.34. The molecule has 3 N–H and O–H groups in total. The van der Waals surface area contributed by atoms with Crippen molar-refractivity contribution in [3.05, 3.63) is 32.9 Å². The molecule has 0 radical (unpaired) electrons. The number of rotatable bonds is 4. The SMILES string of the molecule is NCC(NC1CC=CC1)c1ccc(Br)s1. The van der Waals surface area contributed by atoms with E-state index in [9.17, 15) is 0 Å². The number of thiophene rings is 1. The van der Waals surface area contributed by atoms with Crippen LogP contribution >= 0.6 is 27.3 Å². The maximum Gasteiger partial charge on any atom is 0.0702 e. The van der Waals surface area contributed by atoms with E-state index in [4.69, 9.17) is 5.73 Å². The van der Waals surface area contributed by atoms with Crippen molar-refractivity contribution >= 4 is 27.3 Å². The van der Waals surface area contributed by atoms with E-state index in [0.29, 0.717) is 18.6 Å². The van der Waals surface area contributed by atoms with Crippen molar-refractivity contribution in [2.24, 2.45) is 5.73 Å². The van der Waals surface area contributed by atoms with Crippen LogP contribution in [0.2, 0.25) is 0 Å². The monoisotopic (exact) mass is 286 g/mol. The van der Waals surface area contributed by atoms with Crippen LogP contribution in [0.15, 0.2) is 28.1 Å². The smallest absolute Gasteiger partial charge is 0.0702 e. The van der Waals surface area contributed by atoms with Crippen molar-refractivity contribution < 1.29 is 0 Å². The highest BCUT2D eigenvalue weighted by molar-refractivity contribution is 9.11. The highest BCUT2D eigenvalue weighted by Crippen LogP contribution is 2.28.